The number of nitrogens with one attached hydrogen (secondary N) is 1. The van der Waals surface area contributed by atoms with Gasteiger partial charge in [0.15, 0.2) is 5.13 Å². The molecule has 0 unspecified atom stereocenters. The molecule has 146 valence electrons. The second-order valence-corrected chi connectivity index (χ2v) is 7.87. The average molecular weight is 398 g/mol. The zero-order valence-corrected chi connectivity index (χ0v) is 16.4. The Morgan fingerprint density at radius 3 is 2.79 bits per heavy atom. The maximum Gasteiger partial charge on any atom is 0.413 e. The number of thiazole rings is 1. The van der Waals surface area contributed by atoms with E-state index in [9.17, 15) is 4.79 Å². The Morgan fingerprint density at radius 2 is 2.00 bits per heavy atom. The minimum absolute atomic E-state index is 0.394. The van der Waals surface area contributed by atoms with Gasteiger partial charge < -0.3 is 10.5 Å². The lowest BCUT2D eigenvalue weighted by Crippen LogP contribution is -2.33. The average Bonchev–Trinajstić information content (AvgIpc) is 3.10. The van der Waals surface area contributed by atoms with E-state index < -0.39 is 6.09 Å². The summed E-state index contributed by atoms with van der Waals surface area (Å²) in [5, 5.41) is 3.27. The summed E-state index contributed by atoms with van der Waals surface area (Å²) >= 11 is 1.42. The van der Waals surface area contributed by atoms with Crippen molar-refractivity contribution >= 4 is 38.6 Å². The quantitative estimate of drug-likeness (QED) is 0.676. The number of nitrogens with zero attached hydrogens (tertiary/aromatic N) is 3. The number of amides is 1. The highest BCUT2D eigenvalue weighted by Crippen LogP contribution is 2.30. The van der Waals surface area contributed by atoms with Crippen LogP contribution in [0.3, 0.4) is 0 Å². The molecule has 1 aromatic carbocycles. The number of aromatic nitrogens is 2. The lowest BCUT2D eigenvalue weighted by molar-refractivity contribution is 0.131. The van der Waals surface area contributed by atoms with Crippen LogP contribution in [0.25, 0.3) is 21.3 Å². The van der Waals surface area contributed by atoms with Crippen molar-refractivity contribution in [3.05, 3.63) is 36.5 Å². The van der Waals surface area contributed by atoms with E-state index in [0.29, 0.717) is 17.6 Å². The summed E-state index contributed by atoms with van der Waals surface area (Å²) in [6.45, 7) is 3.36. The van der Waals surface area contributed by atoms with Crippen LogP contribution in [-0.2, 0) is 4.74 Å². The summed E-state index contributed by atoms with van der Waals surface area (Å²) in [7, 11) is 0. The van der Waals surface area contributed by atoms with Crippen molar-refractivity contribution in [2.24, 2.45) is 0 Å². The summed E-state index contributed by atoms with van der Waals surface area (Å²) in [6, 6.07) is 9.66. The predicted octanol–water partition coefficient (Wildman–Crippen LogP) is 3.97. The standard InChI is InChI=1S/C20H23N5O2S/c21-18-7-5-15(13-22-18)14-4-6-16-17(12-14)28-19(23-16)24-20(26)27-11-10-25-8-2-1-3-9-25/h4-7,12-13H,1-3,8-11H2,(H2,21,22)(H,23,24,26). The fourth-order valence-corrected chi connectivity index (χ4v) is 4.20. The van der Waals surface area contributed by atoms with Gasteiger partial charge in [0.25, 0.3) is 0 Å². The van der Waals surface area contributed by atoms with Crippen LogP contribution in [0.15, 0.2) is 36.5 Å². The molecule has 8 heteroatoms. The molecule has 0 bridgehead atoms. The number of piperidine rings is 1. The minimum Gasteiger partial charge on any atom is -0.448 e. The van der Waals surface area contributed by atoms with Gasteiger partial charge in [-0.1, -0.05) is 23.8 Å². The Kier molecular flexibility index (Phi) is 5.68. The van der Waals surface area contributed by atoms with Crippen molar-refractivity contribution in [2.75, 3.05) is 37.3 Å². The number of anilines is 2. The summed E-state index contributed by atoms with van der Waals surface area (Å²) in [6.07, 6.45) is 5.04. The number of nitrogen functional groups attached to an aromatic ring is 1. The second kappa shape index (κ2) is 8.53. The number of likely N-dealkylation sites (tertiary alicyclic amines) is 1. The van der Waals surface area contributed by atoms with Crippen LogP contribution in [0.2, 0.25) is 0 Å². The lowest BCUT2D eigenvalue weighted by atomic mass is 10.1. The number of carbonyl (C=O) groups excluding carboxylic acids is 1. The Balaban J connectivity index is 1.36. The lowest BCUT2D eigenvalue weighted by Gasteiger charge is -2.25. The normalized spacial score (nSPS) is 14.9. The molecule has 1 aliphatic rings. The van der Waals surface area contributed by atoms with Crippen molar-refractivity contribution in [2.45, 2.75) is 19.3 Å². The van der Waals surface area contributed by atoms with Crippen LogP contribution >= 0.6 is 11.3 Å². The first-order chi connectivity index (χ1) is 13.7. The minimum atomic E-state index is -0.459. The van der Waals surface area contributed by atoms with E-state index in [-0.39, 0.29) is 0 Å². The van der Waals surface area contributed by atoms with Gasteiger partial charge in [-0.3, -0.25) is 10.2 Å². The number of rotatable bonds is 5. The molecular weight excluding hydrogens is 374 g/mol. The van der Waals surface area contributed by atoms with E-state index in [0.717, 1.165) is 41.0 Å². The highest BCUT2D eigenvalue weighted by molar-refractivity contribution is 7.22. The first kappa shape index (κ1) is 18.6. The number of benzene rings is 1. The number of carbonyl (C=O) groups is 1. The first-order valence-corrected chi connectivity index (χ1v) is 10.3. The summed E-state index contributed by atoms with van der Waals surface area (Å²) in [4.78, 5) is 23.0. The Labute approximate surface area is 167 Å². The van der Waals surface area contributed by atoms with Crippen LogP contribution in [0.5, 0.6) is 0 Å². The highest BCUT2D eigenvalue weighted by atomic mass is 32.1. The summed E-state index contributed by atoms with van der Waals surface area (Å²) in [5.74, 6) is 0.493. The van der Waals surface area contributed by atoms with E-state index in [1.807, 2.05) is 24.3 Å². The maximum absolute atomic E-state index is 12.0. The first-order valence-electron chi connectivity index (χ1n) is 9.46. The topological polar surface area (TPSA) is 93.4 Å². The number of hydrogen-bond acceptors (Lipinski definition) is 7. The van der Waals surface area contributed by atoms with Gasteiger partial charge in [-0.15, -0.1) is 0 Å². The van der Waals surface area contributed by atoms with E-state index >= 15 is 0 Å². The molecule has 7 nitrogen and oxygen atoms in total. The molecule has 0 saturated carbocycles. The van der Waals surface area contributed by atoms with Crippen LogP contribution in [0.1, 0.15) is 19.3 Å². The van der Waals surface area contributed by atoms with E-state index in [2.05, 4.69) is 20.2 Å². The van der Waals surface area contributed by atoms with Crippen LogP contribution in [0, 0.1) is 0 Å². The SMILES string of the molecule is Nc1ccc(-c2ccc3nc(NC(=O)OCCN4CCCCC4)sc3c2)cn1. The molecule has 1 saturated heterocycles. The number of nitrogens with two attached hydrogens (primary N) is 1. The predicted molar refractivity (Wildman–Crippen MR) is 113 cm³/mol. The molecule has 0 aliphatic carbocycles. The molecule has 28 heavy (non-hydrogen) atoms. The highest BCUT2D eigenvalue weighted by Gasteiger charge is 2.12. The largest absolute Gasteiger partial charge is 0.448 e. The number of ether oxygens (including phenoxy) is 1. The van der Waals surface area contributed by atoms with Gasteiger partial charge in [0, 0.05) is 18.3 Å². The molecule has 0 spiro atoms. The molecule has 1 aliphatic heterocycles. The van der Waals surface area contributed by atoms with Gasteiger partial charge in [-0.25, -0.2) is 14.8 Å². The third-order valence-corrected chi connectivity index (χ3v) is 5.74. The van der Waals surface area contributed by atoms with E-state index in [4.69, 9.17) is 10.5 Å². The van der Waals surface area contributed by atoms with Gasteiger partial charge in [0.2, 0.25) is 0 Å². The Hall–Kier alpha value is -2.71. The van der Waals surface area contributed by atoms with Gasteiger partial charge in [0.1, 0.15) is 12.4 Å². The fraction of sp³-hybridized carbons (Fsp3) is 0.350. The van der Waals surface area contributed by atoms with Crippen molar-refractivity contribution in [3.63, 3.8) is 0 Å². The van der Waals surface area contributed by atoms with Crippen LogP contribution < -0.4 is 11.1 Å². The van der Waals surface area contributed by atoms with Crippen molar-refractivity contribution in [1.29, 1.82) is 0 Å². The molecule has 0 atom stereocenters. The molecule has 1 fully saturated rings. The maximum atomic E-state index is 12.0. The van der Waals surface area contributed by atoms with E-state index in [1.165, 1.54) is 30.6 Å². The Morgan fingerprint density at radius 1 is 1.18 bits per heavy atom. The van der Waals surface area contributed by atoms with Gasteiger partial charge in [-0.05, 0) is 55.8 Å². The molecule has 1 amide bonds. The summed E-state index contributed by atoms with van der Waals surface area (Å²) < 4.78 is 6.29. The Bertz CT molecular complexity index is 951. The van der Waals surface area contributed by atoms with E-state index in [1.54, 1.807) is 12.3 Å². The third kappa shape index (κ3) is 4.58. The molecule has 3 aromatic rings. The fourth-order valence-electron chi connectivity index (χ4n) is 3.31. The molecule has 2 aromatic heterocycles. The molecule has 4 rings (SSSR count). The molecule has 3 heterocycles. The second-order valence-electron chi connectivity index (χ2n) is 6.84. The number of fused-ring (bicyclic) bond motifs is 1. The zero-order valence-electron chi connectivity index (χ0n) is 15.6. The van der Waals surface area contributed by atoms with Gasteiger partial charge in [-0.2, -0.15) is 0 Å². The van der Waals surface area contributed by atoms with Crippen LogP contribution in [-0.4, -0.2) is 47.2 Å². The van der Waals surface area contributed by atoms with Crippen molar-refractivity contribution in [3.8, 4) is 11.1 Å². The van der Waals surface area contributed by atoms with Gasteiger partial charge in [0.05, 0.1) is 10.2 Å². The zero-order chi connectivity index (χ0) is 19.3. The molecule has 3 N–H and O–H groups in total. The van der Waals surface area contributed by atoms with Gasteiger partial charge >= 0.3 is 6.09 Å². The summed E-state index contributed by atoms with van der Waals surface area (Å²) in [5.41, 5.74) is 8.49. The van der Waals surface area contributed by atoms with Crippen molar-refractivity contribution in [1.82, 2.24) is 14.9 Å². The molecular formula is C20H23N5O2S. The third-order valence-electron chi connectivity index (χ3n) is 4.81. The number of pyridine rings is 1. The van der Waals surface area contributed by atoms with Crippen LogP contribution in [0.4, 0.5) is 15.7 Å². The smallest absolute Gasteiger partial charge is 0.413 e. The number of hydrogen-bond donors (Lipinski definition) is 2. The molecule has 0 radical (unpaired) electrons. The van der Waals surface area contributed by atoms with Crippen molar-refractivity contribution < 1.29 is 9.53 Å². The monoisotopic (exact) mass is 397 g/mol.